The van der Waals surface area contributed by atoms with Gasteiger partial charge in [0.1, 0.15) is 5.01 Å². The Morgan fingerprint density at radius 2 is 2.30 bits per heavy atom. The quantitative estimate of drug-likeness (QED) is 0.883. The number of rotatable bonds is 4. The van der Waals surface area contributed by atoms with Crippen LogP contribution in [-0.4, -0.2) is 40.1 Å². The fraction of sp³-hybridized carbons (Fsp3) is 0.615. The highest BCUT2D eigenvalue weighted by molar-refractivity contribution is 7.11. The Hall–Kier alpha value is -1.63. The number of carbonyl (C=O) groups excluding carboxylic acids is 1. The standard InChI is InChI=1S/C13H19N3O3S/c1-3-9-4-14-11(20-9)5-15-13(19)16-6-8(2)10(7-16)12(17)18/h4,8,10H,3,5-7H2,1-2H3,(H,15,19)(H,17,18)/t8-,10-/m1/s1. The van der Waals surface area contributed by atoms with E-state index in [1.165, 1.54) is 4.88 Å². The molecule has 1 aliphatic rings. The second kappa shape index (κ2) is 6.21. The maximum Gasteiger partial charge on any atom is 0.317 e. The van der Waals surface area contributed by atoms with Crippen molar-refractivity contribution in [3.05, 3.63) is 16.1 Å². The van der Waals surface area contributed by atoms with E-state index in [9.17, 15) is 9.59 Å². The van der Waals surface area contributed by atoms with Gasteiger partial charge in [0.05, 0.1) is 12.5 Å². The van der Waals surface area contributed by atoms with Crippen molar-refractivity contribution < 1.29 is 14.7 Å². The number of hydrogen-bond acceptors (Lipinski definition) is 4. The van der Waals surface area contributed by atoms with Crippen LogP contribution in [0.3, 0.4) is 0 Å². The minimum atomic E-state index is -0.833. The summed E-state index contributed by atoms with van der Waals surface area (Å²) in [7, 11) is 0. The molecule has 6 nitrogen and oxygen atoms in total. The van der Waals surface area contributed by atoms with Crippen LogP contribution in [0.4, 0.5) is 4.79 Å². The summed E-state index contributed by atoms with van der Waals surface area (Å²) in [5, 5.41) is 12.7. The first kappa shape index (κ1) is 14.8. The lowest BCUT2D eigenvalue weighted by Crippen LogP contribution is -2.38. The van der Waals surface area contributed by atoms with Gasteiger partial charge in [0, 0.05) is 24.2 Å². The Morgan fingerprint density at radius 1 is 1.55 bits per heavy atom. The summed E-state index contributed by atoms with van der Waals surface area (Å²) in [6.07, 6.45) is 2.76. The van der Waals surface area contributed by atoms with Gasteiger partial charge >= 0.3 is 12.0 Å². The number of aliphatic carboxylic acids is 1. The summed E-state index contributed by atoms with van der Waals surface area (Å²) >= 11 is 1.58. The second-order valence-corrected chi connectivity index (χ2v) is 6.26. The number of nitrogens with zero attached hydrogens (tertiary/aromatic N) is 2. The Labute approximate surface area is 121 Å². The molecule has 0 bridgehead atoms. The molecule has 1 aromatic heterocycles. The Morgan fingerprint density at radius 3 is 2.85 bits per heavy atom. The van der Waals surface area contributed by atoms with Gasteiger partial charge in [0.15, 0.2) is 0 Å². The first-order valence-electron chi connectivity index (χ1n) is 6.70. The molecule has 0 aromatic carbocycles. The number of nitrogens with one attached hydrogen (secondary N) is 1. The highest BCUT2D eigenvalue weighted by Crippen LogP contribution is 2.23. The van der Waals surface area contributed by atoms with E-state index >= 15 is 0 Å². The van der Waals surface area contributed by atoms with E-state index in [1.807, 2.05) is 13.1 Å². The molecular weight excluding hydrogens is 278 g/mol. The molecule has 0 saturated carbocycles. The van der Waals surface area contributed by atoms with Crippen LogP contribution in [0.5, 0.6) is 0 Å². The third kappa shape index (κ3) is 3.27. The van der Waals surface area contributed by atoms with E-state index in [4.69, 9.17) is 5.11 Å². The number of carboxylic acid groups (broad SMARTS) is 1. The number of likely N-dealkylation sites (tertiary alicyclic amines) is 1. The number of thiazole rings is 1. The highest BCUT2D eigenvalue weighted by atomic mass is 32.1. The second-order valence-electron chi connectivity index (χ2n) is 5.06. The minimum Gasteiger partial charge on any atom is -0.481 e. The molecule has 110 valence electrons. The molecule has 0 spiro atoms. The molecule has 1 saturated heterocycles. The van der Waals surface area contributed by atoms with Gasteiger partial charge in [-0.05, 0) is 12.3 Å². The molecule has 2 N–H and O–H groups in total. The normalized spacial score (nSPS) is 22.0. The van der Waals surface area contributed by atoms with Crippen LogP contribution in [0.25, 0.3) is 0 Å². The third-order valence-corrected chi connectivity index (χ3v) is 4.70. The van der Waals surface area contributed by atoms with Crippen LogP contribution in [0.1, 0.15) is 23.7 Å². The molecule has 0 radical (unpaired) electrons. The molecule has 1 aromatic rings. The molecule has 2 heterocycles. The number of aryl methyl sites for hydroxylation is 1. The number of amides is 2. The van der Waals surface area contributed by atoms with E-state index < -0.39 is 11.9 Å². The summed E-state index contributed by atoms with van der Waals surface area (Å²) < 4.78 is 0. The maximum absolute atomic E-state index is 12.0. The van der Waals surface area contributed by atoms with E-state index in [0.29, 0.717) is 13.1 Å². The van der Waals surface area contributed by atoms with Crippen LogP contribution >= 0.6 is 11.3 Å². The monoisotopic (exact) mass is 297 g/mol. The van der Waals surface area contributed by atoms with E-state index in [2.05, 4.69) is 17.2 Å². The fourth-order valence-corrected chi connectivity index (χ4v) is 3.11. The number of urea groups is 1. The van der Waals surface area contributed by atoms with Gasteiger partial charge in [-0.15, -0.1) is 11.3 Å². The topological polar surface area (TPSA) is 82.5 Å². The lowest BCUT2D eigenvalue weighted by atomic mass is 9.99. The Bertz CT molecular complexity index is 503. The smallest absolute Gasteiger partial charge is 0.317 e. The molecule has 7 heteroatoms. The zero-order chi connectivity index (χ0) is 14.7. The van der Waals surface area contributed by atoms with Gasteiger partial charge in [0.2, 0.25) is 0 Å². The van der Waals surface area contributed by atoms with Gasteiger partial charge in [0.25, 0.3) is 0 Å². The summed E-state index contributed by atoms with van der Waals surface area (Å²) in [6, 6.07) is -0.214. The summed E-state index contributed by atoms with van der Waals surface area (Å²) in [4.78, 5) is 30.0. The predicted octanol–water partition coefficient (Wildman–Crippen LogP) is 1.57. The SMILES string of the molecule is CCc1cnc(CNC(=O)N2C[C@@H](C)[C@H](C(=O)O)C2)s1. The van der Waals surface area contributed by atoms with Crippen molar-refractivity contribution >= 4 is 23.3 Å². The molecular formula is C13H19N3O3S. The highest BCUT2D eigenvalue weighted by Gasteiger charge is 2.36. The van der Waals surface area contributed by atoms with E-state index in [1.54, 1.807) is 16.2 Å². The molecule has 1 fully saturated rings. The van der Waals surface area contributed by atoms with Crippen molar-refractivity contribution in [3.8, 4) is 0 Å². The Kier molecular flexibility index (Phi) is 4.59. The van der Waals surface area contributed by atoms with E-state index in [-0.39, 0.29) is 18.5 Å². The molecule has 0 aliphatic carbocycles. The summed E-state index contributed by atoms with van der Waals surface area (Å²) in [5.41, 5.74) is 0. The van der Waals surface area contributed by atoms with Crippen molar-refractivity contribution in [3.63, 3.8) is 0 Å². The largest absolute Gasteiger partial charge is 0.481 e. The van der Waals surface area contributed by atoms with Gasteiger partial charge in [-0.2, -0.15) is 0 Å². The zero-order valence-electron chi connectivity index (χ0n) is 11.6. The molecule has 0 unspecified atom stereocenters. The molecule has 1 aliphatic heterocycles. The molecule has 2 amide bonds. The molecule has 2 rings (SSSR count). The van der Waals surface area contributed by atoms with Crippen molar-refractivity contribution in [2.75, 3.05) is 13.1 Å². The van der Waals surface area contributed by atoms with Crippen LogP contribution in [-0.2, 0) is 17.8 Å². The lowest BCUT2D eigenvalue weighted by Gasteiger charge is -2.16. The number of carbonyl (C=O) groups is 2. The van der Waals surface area contributed by atoms with Crippen molar-refractivity contribution in [1.82, 2.24) is 15.2 Å². The summed E-state index contributed by atoms with van der Waals surface area (Å²) in [6.45, 7) is 5.08. The van der Waals surface area contributed by atoms with Crippen LogP contribution in [0, 0.1) is 11.8 Å². The van der Waals surface area contributed by atoms with Crippen molar-refractivity contribution in [2.24, 2.45) is 11.8 Å². The molecule has 2 atom stereocenters. The van der Waals surface area contributed by atoms with E-state index in [0.717, 1.165) is 11.4 Å². The predicted molar refractivity (Wildman–Crippen MR) is 75.6 cm³/mol. The van der Waals surface area contributed by atoms with Crippen LogP contribution in [0.2, 0.25) is 0 Å². The Balaban J connectivity index is 1.85. The lowest BCUT2D eigenvalue weighted by molar-refractivity contribution is -0.142. The maximum atomic E-state index is 12.0. The average Bonchev–Trinajstić information content (AvgIpc) is 3.02. The van der Waals surface area contributed by atoms with Crippen molar-refractivity contribution in [2.45, 2.75) is 26.8 Å². The number of carboxylic acids is 1. The first-order chi connectivity index (χ1) is 9.51. The zero-order valence-corrected chi connectivity index (χ0v) is 12.4. The van der Waals surface area contributed by atoms with Crippen LogP contribution in [0.15, 0.2) is 6.20 Å². The van der Waals surface area contributed by atoms with Gasteiger partial charge < -0.3 is 15.3 Å². The first-order valence-corrected chi connectivity index (χ1v) is 7.52. The van der Waals surface area contributed by atoms with Gasteiger partial charge in [-0.25, -0.2) is 9.78 Å². The summed E-state index contributed by atoms with van der Waals surface area (Å²) in [5.74, 6) is -1.31. The average molecular weight is 297 g/mol. The van der Waals surface area contributed by atoms with Crippen LogP contribution < -0.4 is 5.32 Å². The van der Waals surface area contributed by atoms with Gasteiger partial charge in [-0.3, -0.25) is 4.79 Å². The fourth-order valence-electron chi connectivity index (χ4n) is 2.31. The number of aromatic nitrogens is 1. The van der Waals surface area contributed by atoms with Crippen molar-refractivity contribution in [1.29, 1.82) is 0 Å². The number of hydrogen-bond donors (Lipinski definition) is 2. The van der Waals surface area contributed by atoms with Gasteiger partial charge in [-0.1, -0.05) is 13.8 Å². The third-order valence-electron chi connectivity index (χ3n) is 3.56. The minimum absolute atomic E-state index is 0.00944. The molecule has 20 heavy (non-hydrogen) atoms.